The van der Waals surface area contributed by atoms with Crippen LogP contribution in [0.4, 0.5) is 5.69 Å². The van der Waals surface area contributed by atoms with E-state index in [0.717, 1.165) is 29.7 Å². The third-order valence-electron chi connectivity index (χ3n) is 5.98. The average molecular weight is 451 g/mol. The van der Waals surface area contributed by atoms with Crippen LogP contribution < -0.4 is 20.1 Å². The fraction of sp³-hybridized carbons (Fsp3) is 0.400. The van der Waals surface area contributed by atoms with Crippen molar-refractivity contribution in [1.29, 1.82) is 0 Å². The molecule has 0 spiro atoms. The van der Waals surface area contributed by atoms with Crippen LogP contribution in [0.25, 0.3) is 11.4 Å². The molecule has 1 amide bonds. The van der Waals surface area contributed by atoms with Crippen molar-refractivity contribution < 1.29 is 18.8 Å². The number of amides is 1. The maximum atomic E-state index is 12.6. The predicted molar refractivity (Wildman–Crippen MR) is 126 cm³/mol. The molecule has 1 aliphatic carbocycles. The lowest BCUT2D eigenvalue weighted by molar-refractivity contribution is 0.0927. The minimum atomic E-state index is -0.00784. The first kappa shape index (κ1) is 22.6. The summed E-state index contributed by atoms with van der Waals surface area (Å²) in [6.45, 7) is 2.33. The molecule has 0 bridgehead atoms. The topological polar surface area (TPSA) is 98.5 Å². The summed E-state index contributed by atoms with van der Waals surface area (Å²) in [5, 5.41) is 10.6. The largest absolute Gasteiger partial charge is 0.497 e. The number of benzene rings is 2. The van der Waals surface area contributed by atoms with E-state index in [9.17, 15) is 4.79 Å². The van der Waals surface area contributed by atoms with Crippen LogP contribution in [0.1, 0.15) is 53.9 Å². The van der Waals surface area contributed by atoms with E-state index >= 15 is 0 Å². The predicted octanol–water partition coefficient (Wildman–Crippen LogP) is 4.74. The lowest BCUT2D eigenvalue weighted by Gasteiger charge is -2.23. The highest BCUT2D eigenvalue weighted by Crippen LogP contribution is 2.31. The number of nitrogens with zero attached hydrogens (tertiary/aromatic N) is 2. The molecule has 1 aromatic heterocycles. The van der Waals surface area contributed by atoms with Gasteiger partial charge in [-0.1, -0.05) is 24.4 Å². The number of anilines is 1. The number of hydrogen-bond acceptors (Lipinski definition) is 7. The van der Waals surface area contributed by atoms with E-state index in [1.165, 1.54) is 19.3 Å². The molecule has 174 valence electrons. The van der Waals surface area contributed by atoms with Crippen molar-refractivity contribution in [1.82, 2.24) is 15.5 Å². The van der Waals surface area contributed by atoms with Crippen molar-refractivity contribution >= 4 is 11.6 Å². The van der Waals surface area contributed by atoms with Crippen LogP contribution in [-0.4, -0.2) is 36.3 Å². The summed E-state index contributed by atoms with van der Waals surface area (Å²) in [5.74, 6) is 2.17. The maximum absolute atomic E-state index is 12.6. The fourth-order valence-corrected chi connectivity index (χ4v) is 4.11. The molecule has 33 heavy (non-hydrogen) atoms. The number of carbonyl (C=O) groups excluding carboxylic acids is 1. The molecular weight excluding hydrogens is 420 g/mol. The number of aromatic nitrogens is 2. The van der Waals surface area contributed by atoms with Crippen LogP contribution in [0.2, 0.25) is 0 Å². The molecule has 1 aliphatic rings. The van der Waals surface area contributed by atoms with Crippen LogP contribution >= 0.6 is 0 Å². The molecule has 0 atom stereocenters. The number of ether oxygens (including phenoxy) is 2. The van der Waals surface area contributed by atoms with E-state index in [4.69, 9.17) is 14.0 Å². The minimum absolute atomic E-state index is 0.00784. The monoisotopic (exact) mass is 450 g/mol. The Hall–Kier alpha value is -3.55. The van der Waals surface area contributed by atoms with Gasteiger partial charge in [0.1, 0.15) is 11.5 Å². The van der Waals surface area contributed by atoms with E-state index in [0.29, 0.717) is 41.4 Å². The Morgan fingerprint density at radius 1 is 1.09 bits per heavy atom. The average Bonchev–Trinajstić information content (AvgIpc) is 3.32. The molecule has 8 nitrogen and oxygen atoms in total. The van der Waals surface area contributed by atoms with Gasteiger partial charge >= 0.3 is 0 Å². The molecule has 0 saturated heterocycles. The van der Waals surface area contributed by atoms with Crippen molar-refractivity contribution in [2.45, 2.75) is 51.6 Å². The number of nitrogens with one attached hydrogen (secondary N) is 2. The molecule has 0 radical (unpaired) electrons. The molecule has 2 N–H and O–H groups in total. The zero-order valence-corrected chi connectivity index (χ0v) is 19.3. The molecule has 1 heterocycles. The first-order chi connectivity index (χ1) is 16.1. The number of rotatable bonds is 8. The fourth-order valence-electron chi connectivity index (χ4n) is 4.11. The number of hydrogen-bond donors (Lipinski definition) is 2. The number of aryl methyl sites for hydroxylation is 1. The zero-order valence-electron chi connectivity index (χ0n) is 19.3. The highest BCUT2D eigenvalue weighted by Gasteiger charge is 2.18. The number of methoxy groups -OCH3 is 2. The van der Waals surface area contributed by atoms with E-state index in [-0.39, 0.29) is 5.91 Å². The van der Waals surface area contributed by atoms with E-state index in [2.05, 4.69) is 20.8 Å². The van der Waals surface area contributed by atoms with Gasteiger partial charge in [-0.3, -0.25) is 4.79 Å². The van der Waals surface area contributed by atoms with Gasteiger partial charge in [-0.15, -0.1) is 0 Å². The summed E-state index contributed by atoms with van der Waals surface area (Å²) >= 11 is 0. The molecule has 3 aromatic rings. The molecule has 1 fully saturated rings. The van der Waals surface area contributed by atoms with Crippen molar-refractivity contribution in [2.75, 3.05) is 19.5 Å². The van der Waals surface area contributed by atoms with Crippen LogP contribution in [0.15, 0.2) is 40.9 Å². The van der Waals surface area contributed by atoms with Crippen LogP contribution in [0, 0.1) is 6.92 Å². The first-order valence-electron chi connectivity index (χ1n) is 11.3. The molecule has 8 heteroatoms. The third-order valence-corrected chi connectivity index (χ3v) is 5.98. The van der Waals surface area contributed by atoms with Gasteiger partial charge in [0.25, 0.3) is 5.91 Å². The summed E-state index contributed by atoms with van der Waals surface area (Å²) < 4.78 is 16.1. The Bertz CT molecular complexity index is 1110. The molecule has 2 aromatic carbocycles. The second-order valence-corrected chi connectivity index (χ2v) is 8.27. The van der Waals surface area contributed by atoms with E-state index in [1.807, 2.05) is 37.3 Å². The quantitative estimate of drug-likeness (QED) is 0.512. The van der Waals surface area contributed by atoms with Gasteiger partial charge in [0.05, 0.1) is 26.3 Å². The first-order valence-corrected chi connectivity index (χ1v) is 11.3. The smallest absolute Gasteiger partial charge is 0.251 e. The Morgan fingerprint density at radius 3 is 2.64 bits per heavy atom. The highest BCUT2D eigenvalue weighted by atomic mass is 16.5. The number of carbonyl (C=O) groups is 1. The SMILES string of the molecule is COc1ccc(-c2noc(CNc3ccc(C(=O)NC4CCCCC4)cc3C)n2)c(OC)c1. The van der Waals surface area contributed by atoms with Crippen LogP contribution in [0.3, 0.4) is 0 Å². The van der Waals surface area contributed by atoms with Gasteiger partial charge in [-0.2, -0.15) is 4.98 Å². The maximum Gasteiger partial charge on any atom is 0.251 e. The van der Waals surface area contributed by atoms with Gasteiger partial charge in [-0.25, -0.2) is 0 Å². The Kier molecular flexibility index (Phi) is 7.12. The second-order valence-electron chi connectivity index (χ2n) is 8.27. The van der Waals surface area contributed by atoms with Crippen LogP contribution in [0.5, 0.6) is 11.5 Å². The van der Waals surface area contributed by atoms with Gasteiger partial charge in [0.15, 0.2) is 0 Å². The summed E-state index contributed by atoms with van der Waals surface area (Å²) in [7, 11) is 3.19. The molecule has 0 unspecified atom stereocenters. The second kappa shape index (κ2) is 10.4. The summed E-state index contributed by atoms with van der Waals surface area (Å²) in [5.41, 5.74) is 3.28. The third kappa shape index (κ3) is 5.45. The lowest BCUT2D eigenvalue weighted by Crippen LogP contribution is -2.36. The van der Waals surface area contributed by atoms with Crippen molar-refractivity contribution in [3.63, 3.8) is 0 Å². The van der Waals surface area contributed by atoms with Crippen molar-refractivity contribution in [3.05, 3.63) is 53.4 Å². The van der Waals surface area contributed by atoms with Gasteiger partial charge in [0, 0.05) is 23.4 Å². The lowest BCUT2D eigenvalue weighted by atomic mass is 9.95. The minimum Gasteiger partial charge on any atom is -0.497 e. The van der Waals surface area contributed by atoms with Gasteiger partial charge < -0.3 is 24.6 Å². The zero-order chi connectivity index (χ0) is 23.2. The Labute approximate surface area is 193 Å². The molecule has 0 aliphatic heterocycles. The normalized spacial score (nSPS) is 14.0. The Balaban J connectivity index is 1.39. The van der Waals surface area contributed by atoms with Crippen molar-refractivity contribution in [3.8, 4) is 22.9 Å². The van der Waals surface area contributed by atoms with Crippen molar-refractivity contribution in [2.24, 2.45) is 0 Å². The van der Waals surface area contributed by atoms with Crippen LogP contribution in [-0.2, 0) is 6.54 Å². The summed E-state index contributed by atoms with van der Waals surface area (Å²) in [6.07, 6.45) is 5.78. The molecular formula is C25H30N4O4. The molecule has 1 saturated carbocycles. The summed E-state index contributed by atoms with van der Waals surface area (Å²) in [4.78, 5) is 17.1. The van der Waals surface area contributed by atoms with E-state index < -0.39 is 0 Å². The standard InChI is InChI=1S/C25H30N4O4/c1-16-13-17(25(30)27-18-7-5-4-6-8-18)9-12-21(16)26-15-23-28-24(29-33-23)20-11-10-19(31-2)14-22(20)32-3/h9-14,18,26H,4-8,15H2,1-3H3,(H,27,30). The highest BCUT2D eigenvalue weighted by molar-refractivity contribution is 5.95. The van der Waals surface area contributed by atoms with E-state index in [1.54, 1.807) is 20.3 Å². The molecule has 4 rings (SSSR count). The van der Waals surface area contributed by atoms with Gasteiger partial charge in [0.2, 0.25) is 11.7 Å². The van der Waals surface area contributed by atoms with Gasteiger partial charge in [-0.05, 0) is 55.7 Å². The summed E-state index contributed by atoms with van der Waals surface area (Å²) in [6, 6.07) is 11.4. The Morgan fingerprint density at radius 2 is 1.91 bits per heavy atom.